The summed E-state index contributed by atoms with van der Waals surface area (Å²) in [6.07, 6.45) is 1.17. The van der Waals surface area contributed by atoms with Crippen molar-refractivity contribution in [3.05, 3.63) is 35.4 Å². The summed E-state index contributed by atoms with van der Waals surface area (Å²) in [7, 11) is -3.07. The van der Waals surface area contributed by atoms with Gasteiger partial charge in [-0.05, 0) is 38.5 Å². The molecule has 0 atom stereocenters. The van der Waals surface area contributed by atoms with E-state index in [2.05, 4.69) is 5.48 Å². The Hall–Kier alpha value is -1.40. The van der Waals surface area contributed by atoms with Crippen LogP contribution in [0.25, 0.3) is 0 Å². The number of carbonyl (C=O) groups is 1. The zero-order valence-corrected chi connectivity index (χ0v) is 12.4. The number of carbonyl (C=O) groups excluding carboxylic acids is 1. The maximum absolute atomic E-state index is 11.7. The Morgan fingerprint density at radius 3 is 2.16 bits per heavy atom. The fraction of sp³-hybridized carbons (Fsp3) is 0.462. The molecule has 0 bridgehead atoms. The van der Waals surface area contributed by atoms with E-state index in [1.807, 2.05) is 20.8 Å². The van der Waals surface area contributed by atoms with Crippen molar-refractivity contribution < 1.29 is 18.0 Å². The summed E-state index contributed by atoms with van der Waals surface area (Å²) < 4.78 is 22.3. The molecule has 0 aliphatic carbocycles. The number of nitrogens with one attached hydrogen (secondary N) is 1. The second kappa shape index (κ2) is 5.71. The highest BCUT2D eigenvalue weighted by atomic mass is 32.2. The SMILES string of the molecule is CC(C)(C)ONC(=O)c1ccc(CS(C)(=O)=O)cc1. The predicted octanol–water partition coefficient (Wildman–Crippen LogP) is 1.69. The van der Waals surface area contributed by atoms with Gasteiger partial charge in [0, 0.05) is 11.8 Å². The minimum Gasteiger partial charge on any atom is -0.268 e. The van der Waals surface area contributed by atoms with Crippen LogP contribution >= 0.6 is 0 Å². The smallest absolute Gasteiger partial charge is 0.268 e. The second-order valence-corrected chi connectivity index (χ2v) is 7.55. The standard InChI is InChI=1S/C13H19NO4S/c1-13(2,3)18-14-12(15)11-7-5-10(6-8-11)9-19(4,16)17/h5-8H,9H2,1-4H3,(H,14,15). The van der Waals surface area contributed by atoms with Gasteiger partial charge in [-0.15, -0.1) is 0 Å². The van der Waals surface area contributed by atoms with Gasteiger partial charge in [-0.2, -0.15) is 0 Å². The molecule has 5 nitrogen and oxygen atoms in total. The van der Waals surface area contributed by atoms with Crippen LogP contribution in [0.1, 0.15) is 36.7 Å². The molecule has 0 fully saturated rings. The molecule has 6 heteroatoms. The van der Waals surface area contributed by atoms with E-state index in [0.29, 0.717) is 11.1 Å². The number of hydrogen-bond acceptors (Lipinski definition) is 4. The highest BCUT2D eigenvalue weighted by Gasteiger charge is 2.14. The molecule has 19 heavy (non-hydrogen) atoms. The van der Waals surface area contributed by atoms with Crippen LogP contribution in [-0.4, -0.2) is 26.2 Å². The minimum absolute atomic E-state index is 0.0343. The molecule has 0 unspecified atom stereocenters. The van der Waals surface area contributed by atoms with Crippen LogP contribution in [0, 0.1) is 0 Å². The number of hydrogen-bond donors (Lipinski definition) is 1. The van der Waals surface area contributed by atoms with E-state index in [9.17, 15) is 13.2 Å². The summed E-state index contributed by atoms with van der Waals surface area (Å²) >= 11 is 0. The lowest BCUT2D eigenvalue weighted by molar-refractivity contribution is -0.0589. The van der Waals surface area contributed by atoms with Crippen LogP contribution in [-0.2, 0) is 20.4 Å². The van der Waals surface area contributed by atoms with E-state index in [4.69, 9.17) is 4.84 Å². The maximum Gasteiger partial charge on any atom is 0.274 e. The molecule has 0 saturated carbocycles. The van der Waals surface area contributed by atoms with Gasteiger partial charge in [-0.3, -0.25) is 9.63 Å². The van der Waals surface area contributed by atoms with Crippen LogP contribution in [0.4, 0.5) is 0 Å². The fourth-order valence-electron chi connectivity index (χ4n) is 1.31. The lowest BCUT2D eigenvalue weighted by atomic mass is 10.1. The Labute approximate surface area is 113 Å². The number of benzene rings is 1. The largest absolute Gasteiger partial charge is 0.274 e. The second-order valence-electron chi connectivity index (χ2n) is 5.41. The first-order valence-electron chi connectivity index (χ1n) is 5.82. The minimum atomic E-state index is -3.07. The summed E-state index contributed by atoms with van der Waals surface area (Å²) in [6, 6.07) is 6.38. The van der Waals surface area contributed by atoms with Gasteiger partial charge in [-0.25, -0.2) is 13.9 Å². The van der Waals surface area contributed by atoms with Gasteiger partial charge >= 0.3 is 0 Å². The highest BCUT2D eigenvalue weighted by molar-refractivity contribution is 7.89. The maximum atomic E-state index is 11.7. The molecule has 0 aromatic heterocycles. The molecule has 0 aliphatic heterocycles. The summed E-state index contributed by atoms with van der Waals surface area (Å²) in [6.45, 7) is 5.47. The molecular weight excluding hydrogens is 266 g/mol. The molecular formula is C13H19NO4S. The zero-order valence-electron chi connectivity index (χ0n) is 11.6. The lowest BCUT2D eigenvalue weighted by Gasteiger charge is -2.18. The molecule has 1 N–H and O–H groups in total. The topological polar surface area (TPSA) is 72.5 Å². The third kappa shape index (κ3) is 6.35. The number of amides is 1. The number of sulfone groups is 1. The van der Waals surface area contributed by atoms with E-state index in [1.54, 1.807) is 24.3 Å². The van der Waals surface area contributed by atoms with E-state index in [-0.39, 0.29) is 11.7 Å². The van der Waals surface area contributed by atoms with Crippen molar-refractivity contribution in [1.29, 1.82) is 0 Å². The lowest BCUT2D eigenvalue weighted by Crippen LogP contribution is -2.33. The van der Waals surface area contributed by atoms with Crippen molar-refractivity contribution in [2.75, 3.05) is 6.26 Å². The van der Waals surface area contributed by atoms with E-state index >= 15 is 0 Å². The molecule has 1 rings (SSSR count). The number of rotatable bonds is 4. The van der Waals surface area contributed by atoms with Gasteiger partial charge in [0.05, 0.1) is 11.4 Å². The zero-order chi connectivity index (χ0) is 14.7. The molecule has 106 valence electrons. The van der Waals surface area contributed by atoms with Gasteiger partial charge in [0.2, 0.25) is 0 Å². The predicted molar refractivity (Wildman–Crippen MR) is 73.3 cm³/mol. The summed E-state index contributed by atoms with van der Waals surface area (Å²) in [5, 5.41) is 0. The Morgan fingerprint density at radius 1 is 1.21 bits per heavy atom. The molecule has 1 aromatic rings. The van der Waals surface area contributed by atoms with E-state index in [0.717, 1.165) is 0 Å². The molecule has 1 amide bonds. The van der Waals surface area contributed by atoms with E-state index in [1.165, 1.54) is 6.26 Å². The third-order valence-electron chi connectivity index (χ3n) is 2.09. The molecule has 0 heterocycles. The Morgan fingerprint density at radius 2 is 1.74 bits per heavy atom. The van der Waals surface area contributed by atoms with Crippen molar-refractivity contribution >= 4 is 15.7 Å². The Kier molecular flexibility index (Phi) is 4.70. The normalized spacial score (nSPS) is 12.2. The average molecular weight is 285 g/mol. The summed E-state index contributed by atoms with van der Waals surface area (Å²) in [5.41, 5.74) is 2.95. The van der Waals surface area contributed by atoms with E-state index < -0.39 is 15.4 Å². The van der Waals surface area contributed by atoms with Crippen molar-refractivity contribution in [2.24, 2.45) is 0 Å². The highest BCUT2D eigenvalue weighted by Crippen LogP contribution is 2.09. The molecule has 0 spiro atoms. The molecule has 0 aliphatic rings. The fourth-order valence-corrected chi connectivity index (χ4v) is 2.11. The van der Waals surface area contributed by atoms with Crippen LogP contribution in [0.15, 0.2) is 24.3 Å². The van der Waals surface area contributed by atoms with Gasteiger partial charge in [0.1, 0.15) is 0 Å². The monoisotopic (exact) mass is 285 g/mol. The first-order chi connectivity index (χ1) is 8.57. The van der Waals surface area contributed by atoms with Gasteiger partial charge in [0.15, 0.2) is 9.84 Å². The van der Waals surface area contributed by atoms with Gasteiger partial charge in [-0.1, -0.05) is 12.1 Å². The molecule has 0 radical (unpaired) electrons. The first-order valence-corrected chi connectivity index (χ1v) is 7.88. The summed E-state index contributed by atoms with van der Waals surface area (Å²) in [5.74, 6) is -0.395. The van der Waals surface area contributed by atoms with Crippen molar-refractivity contribution in [1.82, 2.24) is 5.48 Å². The van der Waals surface area contributed by atoms with Crippen LogP contribution in [0.5, 0.6) is 0 Å². The van der Waals surface area contributed by atoms with Crippen molar-refractivity contribution in [2.45, 2.75) is 32.1 Å². The molecule has 1 aromatic carbocycles. The third-order valence-corrected chi connectivity index (χ3v) is 2.95. The van der Waals surface area contributed by atoms with Crippen LogP contribution < -0.4 is 5.48 Å². The summed E-state index contributed by atoms with van der Waals surface area (Å²) in [4.78, 5) is 16.9. The molecule has 0 saturated heterocycles. The van der Waals surface area contributed by atoms with Crippen molar-refractivity contribution in [3.63, 3.8) is 0 Å². The number of hydroxylamine groups is 1. The van der Waals surface area contributed by atoms with Gasteiger partial charge < -0.3 is 0 Å². The van der Waals surface area contributed by atoms with Crippen LogP contribution in [0.2, 0.25) is 0 Å². The first kappa shape index (κ1) is 15.7. The Bertz CT molecular complexity index is 541. The van der Waals surface area contributed by atoms with Crippen LogP contribution in [0.3, 0.4) is 0 Å². The average Bonchev–Trinajstić information content (AvgIpc) is 2.23. The Balaban J connectivity index is 2.68. The van der Waals surface area contributed by atoms with Crippen molar-refractivity contribution in [3.8, 4) is 0 Å². The van der Waals surface area contributed by atoms with Gasteiger partial charge in [0.25, 0.3) is 5.91 Å². The quantitative estimate of drug-likeness (QED) is 0.854.